The predicted octanol–water partition coefficient (Wildman–Crippen LogP) is 4.80. The largest absolute Gasteiger partial charge is 0.490 e. The lowest BCUT2D eigenvalue weighted by Gasteiger charge is -2.16. The summed E-state index contributed by atoms with van der Waals surface area (Å²) in [5, 5.41) is 0.833. The number of ether oxygens (including phenoxy) is 2. The monoisotopic (exact) mass is 314 g/mol. The fraction of sp³-hybridized carbons (Fsp3) is 0.600. The Labute approximate surface area is 119 Å². The van der Waals surface area contributed by atoms with Gasteiger partial charge >= 0.3 is 0 Å². The van der Waals surface area contributed by atoms with E-state index in [1.807, 2.05) is 19.1 Å². The summed E-state index contributed by atoms with van der Waals surface area (Å²) in [5.41, 5.74) is 1.20. The predicted molar refractivity (Wildman–Crippen MR) is 79.8 cm³/mol. The second-order valence-corrected chi connectivity index (χ2v) is 4.90. The van der Waals surface area contributed by atoms with Crippen molar-refractivity contribution >= 4 is 15.9 Å². The summed E-state index contributed by atoms with van der Waals surface area (Å²) < 4.78 is 11.5. The number of alkyl halides is 1. The first kappa shape index (κ1) is 15.4. The van der Waals surface area contributed by atoms with Crippen molar-refractivity contribution in [2.24, 2.45) is 5.92 Å². The second-order valence-electron chi connectivity index (χ2n) is 4.34. The zero-order valence-corrected chi connectivity index (χ0v) is 13.1. The Kier molecular flexibility index (Phi) is 7.18. The molecule has 102 valence electrons. The molecule has 1 aromatic rings. The number of rotatable bonds is 8. The van der Waals surface area contributed by atoms with Gasteiger partial charge in [0.1, 0.15) is 0 Å². The van der Waals surface area contributed by atoms with Crippen molar-refractivity contribution in [3.63, 3.8) is 0 Å². The Bertz CT molecular complexity index is 348. The van der Waals surface area contributed by atoms with Gasteiger partial charge in [-0.15, -0.1) is 0 Å². The van der Waals surface area contributed by atoms with Crippen molar-refractivity contribution in [1.29, 1.82) is 0 Å². The molecular formula is C15H23BrO2. The minimum absolute atomic E-state index is 0.621. The van der Waals surface area contributed by atoms with Crippen LogP contribution in [-0.2, 0) is 5.33 Å². The molecule has 0 unspecified atom stereocenters. The van der Waals surface area contributed by atoms with Gasteiger partial charge < -0.3 is 9.47 Å². The molecule has 1 rings (SSSR count). The highest BCUT2D eigenvalue weighted by atomic mass is 79.9. The topological polar surface area (TPSA) is 18.5 Å². The summed E-state index contributed by atoms with van der Waals surface area (Å²) in [7, 11) is 0. The molecule has 0 amide bonds. The van der Waals surface area contributed by atoms with E-state index in [1.54, 1.807) is 0 Å². The highest BCUT2D eigenvalue weighted by molar-refractivity contribution is 9.08. The molecule has 0 saturated carbocycles. The first-order valence-electron chi connectivity index (χ1n) is 6.69. The fourth-order valence-corrected chi connectivity index (χ4v) is 2.10. The number of hydrogen-bond donors (Lipinski definition) is 0. The van der Waals surface area contributed by atoms with E-state index in [-0.39, 0.29) is 0 Å². The average molecular weight is 315 g/mol. The summed E-state index contributed by atoms with van der Waals surface area (Å²) in [6, 6.07) is 6.12. The molecule has 0 radical (unpaired) electrons. The van der Waals surface area contributed by atoms with Gasteiger partial charge in [0.25, 0.3) is 0 Å². The molecule has 0 aromatic heterocycles. The maximum absolute atomic E-state index is 5.89. The van der Waals surface area contributed by atoms with E-state index in [1.165, 1.54) is 5.56 Å². The minimum Gasteiger partial charge on any atom is -0.490 e. The van der Waals surface area contributed by atoms with Gasteiger partial charge in [-0.05, 0) is 30.5 Å². The quantitative estimate of drug-likeness (QED) is 0.642. The van der Waals surface area contributed by atoms with Crippen LogP contribution in [0.3, 0.4) is 0 Å². The van der Waals surface area contributed by atoms with Gasteiger partial charge in [0.2, 0.25) is 0 Å². The Morgan fingerprint density at radius 2 is 1.78 bits per heavy atom. The molecule has 0 aliphatic carbocycles. The van der Waals surface area contributed by atoms with Gasteiger partial charge in [-0.1, -0.05) is 48.7 Å². The van der Waals surface area contributed by atoms with Crippen molar-refractivity contribution in [3.05, 3.63) is 23.8 Å². The first-order chi connectivity index (χ1) is 8.74. The lowest BCUT2D eigenvalue weighted by atomic mass is 10.1. The van der Waals surface area contributed by atoms with Crippen LogP contribution in [0.4, 0.5) is 0 Å². The van der Waals surface area contributed by atoms with Gasteiger partial charge in [0.05, 0.1) is 13.2 Å². The van der Waals surface area contributed by atoms with Crippen molar-refractivity contribution in [2.75, 3.05) is 13.2 Å². The van der Waals surface area contributed by atoms with Crippen LogP contribution < -0.4 is 9.47 Å². The molecule has 18 heavy (non-hydrogen) atoms. The van der Waals surface area contributed by atoms with Crippen LogP contribution in [0.15, 0.2) is 18.2 Å². The molecule has 1 aromatic carbocycles. The maximum Gasteiger partial charge on any atom is 0.161 e. The van der Waals surface area contributed by atoms with Crippen LogP contribution in [0.2, 0.25) is 0 Å². The van der Waals surface area contributed by atoms with Crippen molar-refractivity contribution in [3.8, 4) is 11.5 Å². The SMILES string of the molecule is CCOc1cc(CBr)ccc1OCC(CC)CC. The fourth-order valence-electron chi connectivity index (χ4n) is 1.76. The van der Waals surface area contributed by atoms with Crippen molar-refractivity contribution in [1.82, 2.24) is 0 Å². The number of benzene rings is 1. The van der Waals surface area contributed by atoms with E-state index in [4.69, 9.17) is 9.47 Å². The Balaban J connectivity index is 2.74. The third-order valence-electron chi connectivity index (χ3n) is 3.09. The van der Waals surface area contributed by atoms with Crippen LogP contribution in [0, 0.1) is 5.92 Å². The minimum atomic E-state index is 0.621. The van der Waals surface area contributed by atoms with E-state index in [0.717, 1.165) is 36.3 Å². The highest BCUT2D eigenvalue weighted by Crippen LogP contribution is 2.30. The normalized spacial score (nSPS) is 10.7. The zero-order chi connectivity index (χ0) is 13.4. The van der Waals surface area contributed by atoms with Gasteiger partial charge in [-0.3, -0.25) is 0 Å². The standard InChI is InChI=1S/C15H23BrO2/c1-4-12(5-2)11-18-14-8-7-13(10-16)9-15(14)17-6-3/h7-9,12H,4-6,10-11H2,1-3H3. The van der Waals surface area contributed by atoms with Gasteiger partial charge in [0.15, 0.2) is 11.5 Å². The molecule has 2 nitrogen and oxygen atoms in total. The summed E-state index contributed by atoms with van der Waals surface area (Å²) in [4.78, 5) is 0. The molecule has 0 aliphatic rings. The Hall–Kier alpha value is -0.700. The van der Waals surface area contributed by atoms with Crippen LogP contribution in [0.25, 0.3) is 0 Å². The molecule has 0 atom stereocenters. The third-order valence-corrected chi connectivity index (χ3v) is 3.74. The van der Waals surface area contributed by atoms with Gasteiger partial charge in [-0.2, -0.15) is 0 Å². The first-order valence-corrected chi connectivity index (χ1v) is 7.81. The van der Waals surface area contributed by atoms with E-state index in [2.05, 4.69) is 35.8 Å². The van der Waals surface area contributed by atoms with E-state index < -0.39 is 0 Å². The van der Waals surface area contributed by atoms with Gasteiger partial charge in [0, 0.05) is 5.33 Å². The summed E-state index contributed by atoms with van der Waals surface area (Å²) in [5.74, 6) is 2.32. The number of hydrogen-bond acceptors (Lipinski definition) is 2. The van der Waals surface area contributed by atoms with Crippen LogP contribution in [-0.4, -0.2) is 13.2 Å². The van der Waals surface area contributed by atoms with E-state index in [0.29, 0.717) is 12.5 Å². The van der Waals surface area contributed by atoms with Gasteiger partial charge in [-0.25, -0.2) is 0 Å². The van der Waals surface area contributed by atoms with Crippen LogP contribution in [0.1, 0.15) is 39.2 Å². The smallest absolute Gasteiger partial charge is 0.161 e. The third kappa shape index (κ3) is 4.52. The molecule has 0 saturated heterocycles. The molecule has 0 N–H and O–H groups in total. The average Bonchev–Trinajstić information content (AvgIpc) is 2.41. The van der Waals surface area contributed by atoms with Crippen molar-refractivity contribution in [2.45, 2.75) is 38.9 Å². The van der Waals surface area contributed by atoms with Crippen LogP contribution in [0.5, 0.6) is 11.5 Å². The highest BCUT2D eigenvalue weighted by Gasteiger charge is 2.09. The van der Waals surface area contributed by atoms with E-state index >= 15 is 0 Å². The molecule has 0 heterocycles. The molecule has 0 fully saturated rings. The summed E-state index contributed by atoms with van der Waals surface area (Å²) >= 11 is 3.46. The zero-order valence-electron chi connectivity index (χ0n) is 11.5. The lowest BCUT2D eigenvalue weighted by molar-refractivity contribution is 0.225. The molecule has 0 spiro atoms. The Morgan fingerprint density at radius 1 is 1.06 bits per heavy atom. The van der Waals surface area contributed by atoms with Crippen LogP contribution >= 0.6 is 15.9 Å². The lowest BCUT2D eigenvalue weighted by Crippen LogP contribution is -2.11. The molecule has 3 heteroatoms. The van der Waals surface area contributed by atoms with Crippen molar-refractivity contribution < 1.29 is 9.47 Å². The summed E-state index contributed by atoms with van der Waals surface area (Å²) in [6.45, 7) is 7.82. The maximum atomic E-state index is 5.89. The van der Waals surface area contributed by atoms with E-state index in [9.17, 15) is 0 Å². The second kappa shape index (κ2) is 8.41. The molecule has 0 aliphatic heterocycles. The molecule has 0 bridgehead atoms. The summed E-state index contributed by atoms with van der Waals surface area (Å²) in [6.07, 6.45) is 2.31. The Morgan fingerprint density at radius 3 is 2.33 bits per heavy atom. The molecular weight excluding hydrogens is 292 g/mol. The number of halogens is 1.